The van der Waals surface area contributed by atoms with Gasteiger partial charge in [-0.1, -0.05) is 34.1 Å². The lowest BCUT2D eigenvalue weighted by Crippen LogP contribution is -2.50. The summed E-state index contributed by atoms with van der Waals surface area (Å²) in [6, 6.07) is 0. The van der Waals surface area contributed by atoms with Crippen LogP contribution in [-0.2, 0) is 4.43 Å². The van der Waals surface area contributed by atoms with E-state index in [4.69, 9.17) is 4.43 Å². The first-order valence-electron chi connectivity index (χ1n) is 8.99. The van der Waals surface area contributed by atoms with Gasteiger partial charge in [0.25, 0.3) is 0 Å². The molecule has 1 unspecified atom stereocenters. The summed E-state index contributed by atoms with van der Waals surface area (Å²) < 4.78 is 6.78. The van der Waals surface area contributed by atoms with E-state index in [0.717, 1.165) is 25.7 Å². The standard InChI is InChI=1S/C18H36O3Si/c1-17(2,3)22(5,6)21-16-8-7-11-18(4)13(15(20)12-19)9-10-14(16)18/h13-16,19-20H,7-12H2,1-6H3/t13?,14-,15+,16-,18+/m0/s1. The molecular weight excluding hydrogens is 292 g/mol. The summed E-state index contributed by atoms with van der Waals surface area (Å²) in [5.41, 5.74) is 0.132. The SMILES string of the molecule is CC(C)(C)[Si](C)(C)O[C@H]1CCC[C@]2(C)C([C@H](O)CO)CC[C@@H]12. The maximum absolute atomic E-state index is 10.2. The molecule has 130 valence electrons. The predicted molar refractivity (Wildman–Crippen MR) is 93.3 cm³/mol. The normalized spacial score (nSPS) is 37.9. The summed E-state index contributed by atoms with van der Waals surface area (Å²) in [5.74, 6) is 0.773. The third kappa shape index (κ3) is 3.17. The van der Waals surface area contributed by atoms with E-state index in [-0.39, 0.29) is 23.0 Å². The Kier molecular flexibility index (Phi) is 5.19. The average molecular weight is 329 g/mol. The van der Waals surface area contributed by atoms with Crippen molar-refractivity contribution in [2.75, 3.05) is 6.61 Å². The highest BCUT2D eigenvalue weighted by molar-refractivity contribution is 6.74. The van der Waals surface area contributed by atoms with Gasteiger partial charge in [-0.2, -0.15) is 0 Å². The maximum Gasteiger partial charge on any atom is 0.192 e. The summed E-state index contributed by atoms with van der Waals surface area (Å²) in [5, 5.41) is 19.9. The van der Waals surface area contributed by atoms with Gasteiger partial charge in [-0.05, 0) is 61.1 Å². The van der Waals surface area contributed by atoms with E-state index in [9.17, 15) is 10.2 Å². The first-order chi connectivity index (χ1) is 10.0. The number of fused-ring (bicyclic) bond motifs is 1. The molecule has 0 bridgehead atoms. The molecule has 0 amide bonds. The van der Waals surface area contributed by atoms with Crippen LogP contribution < -0.4 is 0 Å². The van der Waals surface area contributed by atoms with Crippen LogP contribution in [-0.4, -0.2) is 37.3 Å². The van der Waals surface area contributed by atoms with Crippen LogP contribution in [0, 0.1) is 17.3 Å². The molecule has 0 saturated heterocycles. The smallest absolute Gasteiger partial charge is 0.192 e. The zero-order valence-electron chi connectivity index (χ0n) is 15.4. The number of rotatable bonds is 4. The molecule has 2 rings (SSSR count). The van der Waals surface area contributed by atoms with Crippen molar-refractivity contribution in [3.63, 3.8) is 0 Å². The van der Waals surface area contributed by atoms with Crippen LogP contribution in [0.2, 0.25) is 18.1 Å². The molecule has 3 nitrogen and oxygen atoms in total. The van der Waals surface area contributed by atoms with E-state index >= 15 is 0 Å². The molecule has 0 aromatic heterocycles. The minimum atomic E-state index is -1.75. The highest BCUT2D eigenvalue weighted by Gasteiger charge is 2.54. The van der Waals surface area contributed by atoms with E-state index in [1.165, 1.54) is 6.42 Å². The van der Waals surface area contributed by atoms with E-state index in [1.807, 2.05) is 0 Å². The topological polar surface area (TPSA) is 49.7 Å². The molecule has 0 aromatic carbocycles. The highest BCUT2D eigenvalue weighted by Crippen LogP contribution is 2.58. The summed E-state index contributed by atoms with van der Waals surface area (Å²) in [4.78, 5) is 0. The summed E-state index contributed by atoms with van der Waals surface area (Å²) >= 11 is 0. The minimum absolute atomic E-state index is 0.110. The van der Waals surface area contributed by atoms with Gasteiger partial charge < -0.3 is 14.6 Å². The third-order valence-electron chi connectivity index (χ3n) is 7.04. The van der Waals surface area contributed by atoms with Crippen LogP contribution in [0.5, 0.6) is 0 Å². The molecule has 2 aliphatic rings. The van der Waals surface area contributed by atoms with Crippen LogP contribution >= 0.6 is 0 Å². The van der Waals surface area contributed by atoms with E-state index in [2.05, 4.69) is 40.8 Å². The molecule has 0 aromatic rings. The van der Waals surface area contributed by atoms with Crippen molar-refractivity contribution in [2.45, 2.75) is 90.1 Å². The van der Waals surface area contributed by atoms with Crippen molar-refractivity contribution in [2.24, 2.45) is 17.3 Å². The van der Waals surface area contributed by atoms with Crippen molar-refractivity contribution in [3.05, 3.63) is 0 Å². The monoisotopic (exact) mass is 328 g/mol. The van der Waals surface area contributed by atoms with Gasteiger partial charge in [0.1, 0.15) is 0 Å². The van der Waals surface area contributed by atoms with Crippen molar-refractivity contribution in [3.8, 4) is 0 Å². The van der Waals surface area contributed by atoms with Gasteiger partial charge in [0.2, 0.25) is 0 Å². The van der Waals surface area contributed by atoms with Crippen LogP contribution in [0.15, 0.2) is 0 Å². The van der Waals surface area contributed by atoms with Crippen molar-refractivity contribution in [1.82, 2.24) is 0 Å². The maximum atomic E-state index is 10.2. The quantitative estimate of drug-likeness (QED) is 0.768. The number of hydrogen-bond donors (Lipinski definition) is 2. The van der Waals surface area contributed by atoms with Crippen molar-refractivity contribution in [1.29, 1.82) is 0 Å². The van der Waals surface area contributed by atoms with E-state index in [1.54, 1.807) is 0 Å². The molecule has 2 saturated carbocycles. The molecule has 2 aliphatic carbocycles. The lowest BCUT2D eigenvalue weighted by atomic mass is 9.63. The van der Waals surface area contributed by atoms with E-state index in [0.29, 0.717) is 12.0 Å². The fraction of sp³-hybridized carbons (Fsp3) is 1.00. The lowest BCUT2D eigenvalue weighted by molar-refractivity contribution is -0.0555. The lowest BCUT2D eigenvalue weighted by Gasteiger charge is -2.49. The fourth-order valence-electron chi connectivity index (χ4n) is 4.62. The van der Waals surface area contributed by atoms with Gasteiger partial charge in [0, 0.05) is 6.10 Å². The van der Waals surface area contributed by atoms with Gasteiger partial charge in [0.15, 0.2) is 8.32 Å². The molecule has 22 heavy (non-hydrogen) atoms. The van der Waals surface area contributed by atoms with Crippen LogP contribution in [0.3, 0.4) is 0 Å². The fourth-order valence-corrected chi connectivity index (χ4v) is 6.01. The Bertz CT molecular complexity index is 390. The Balaban J connectivity index is 2.17. The average Bonchev–Trinajstić information content (AvgIpc) is 2.74. The third-order valence-corrected chi connectivity index (χ3v) is 11.5. The Hall–Kier alpha value is 0.0969. The van der Waals surface area contributed by atoms with Crippen LogP contribution in [0.1, 0.15) is 59.8 Å². The van der Waals surface area contributed by atoms with Crippen molar-refractivity contribution >= 4 is 8.32 Å². The Morgan fingerprint density at radius 1 is 1.23 bits per heavy atom. The largest absolute Gasteiger partial charge is 0.414 e. The van der Waals surface area contributed by atoms with Crippen LogP contribution in [0.25, 0.3) is 0 Å². The second-order valence-corrected chi connectivity index (χ2v) is 14.1. The summed E-state index contributed by atoms with van der Waals surface area (Å²) in [7, 11) is -1.75. The summed E-state index contributed by atoms with van der Waals surface area (Å²) in [6.07, 6.45) is 5.45. The molecule has 2 fully saturated rings. The molecule has 0 radical (unpaired) electrons. The van der Waals surface area contributed by atoms with Gasteiger partial charge >= 0.3 is 0 Å². The van der Waals surface area contributed by atoms with Gasteiger partial charge in [-0.25, -0.2) is 0 Å². The van der Waals surface area contributed by atoms with Crippen LogP contribution in [0.4, 0.5) is 0 Å². The van der Waals surface area contributed by atoms with Crippen molar-refractivity contribution < 1.29 is 14.6 Å². The highest BCUT2D eigenvalue weighted by atomic mass is 28.4. The molecular formula is C18H36O3Si. The number of aliphatic hydroxyl groups excluding tert-OH is 2. The number of aliphatic hydroxyl groups is 2. The zero-order chi connectivity index (χ0) is 16.8. The molecule has 0 spiro atoms. The Morgan fingerprint density at radius 3 is 2.41 bits per heavy atom. The second-order valence-electron chi connectivity index (χ2n) is 9.35. The molecule has 0 heterocycles. The predicted octanol–water partition coefficient (Wildman–Crippen LogP) is 3.95. The molecule has 4 heteroatoms. The molecule has 5 atom stereocenters. The Morgan fingerprint density at radius 2 is 1.86 bits per heavy atom. The first kappa shape index (κ1) is 18.4. The Labute approximate surface area is 137 Å². The molecule has 0 aliphatic heterocycles. The van der Waals surface area contributed by atoms with E-state index < -0.39 is 14.4 Å². The first-order valence-corrected chi connectivity index (χ1v) is 11.9. The van der Waals surface area contributed by atoms with Gasteiger partial charge in [-0.3, -0.25) is 0 Å². The van der Waals surface area contributed by atoms with Gasteiger partial charge in [-0.15, -0.1) is 0 Å². The number of hydrogen-bond acceptors (Lipinski definition) is 3. The summed E-state index contributed by atoms with van der Waals surface area (Å²) in [6.45, 7) is 13.8. The molecule has 2 N–H and O–H groups in total. The second kappa shape index (κ2) is 6.19. The van der Waals surface area contributed by atoms with Gasteiger partial charge in [0.05, 0.1) is 12.7 Å². The minimum Gasteiger partial charge on any atom is -0.414 e. The zero-order valence-corrected chi connectivity index (χ0v) is 16.4.